The van der Waals surface area contributed by atoms with Crippen molar-refractivity contribution in [3.05, 3.63) is 23.8 Å². The van der Waals surface area contributed by atoms with Crippen LogP contribution in [0, 0.1) is 5.92 Å². The van der Waals surface area contributed by atoms with E-state index in [4.69, 9.17) is 15.2 Å². The molecule has 6 heteroatoms. The van der Waals surface area contributed by atoms with Crippen molar-refractivity contribution in [2.24, 2.45) is 11.7 Å². The van der Waals surface area contributed by atoms with Gasteiger partial charge in [-0.2, -0.15) is 0 Å². The van der Waals surface area contributed by atoms with Gasteiger partial charge in [0.15, 0.2) is 11.5 Å². The van der Waals surface area contributed by atoms with Crippen LogP contribution in [0.1, 0.15) is 32.8 Å². The van der Waals surface area contributed by atoms with Gasteiger partial charge >= 0.3 is 0 Å². The molecule has 0 spiro atoms. The van der Waals surface area contributed by atoms with Crippen molar-refractivity contribution in [2.45, 2.75) is 39.7 Å². The Kier molecular flexibility index (Phi) is 10.4. The molecule has 3 N–H and O–H groups in total. The topological polar surface area (TPSA) is 73.6 Å². The van der Waals surface area contributed by atoms with Crippen LogP contribution in [0.4, 0.5) is 0 Å². The Labute approximate surface area is 145 Å². The molecule has 1 rings (SSSR count). The lowest BCUT2D eigenvalue weighted by molar-refractivity contribution is -0.124. The first-order valence-corrected chi connectivity index (χ1v) is 7.82. The lowest BCUT2D eigenvalue weighted by Crippen LogP contribution is -2.39. The monoisotopic (exact) mass is 344 g/mol. The summed E-state index contributed by atoms with van der Waals surface area (Å²) in [6.45, 7) is 6.88. The Morgan fingerprint density at radius 1 is 1.30 bits per heavy atom. The molecule has 1 aromatic rings. The number of methoxy groups -OCH3 is 1. The zero-order valence-corrected chi connectivity index (χ0v) is 15.2. The largest absolute Gasteiger partial charge is 0.493 e. The molecule has 132 valence electrons. The van der Waals surface area contributed by atoms with Crippen LogP contribution in [0.3, 0.4) is 0 Å². The van der Waals surface area contributed by atoms with Crippen LogP contribution in [0.2, 0.25) is 0 Å². The highest BCUT2D eigenvalue weighted by molar-refractivity contribution is 5.85. The molecule has 0 aliphatic carbocycles. The average molecular weight is 345 g/mol. The minimum Gasteiger partial charge on any atom is -0.493 e. The van der Waals surface area contributed by atoms with E-state index in [1.54, 1.807) is 7.11 Å². The highest BCUT2D eigenvalue weighted by Gasteiger charge is 2.16. The maximum Gasteiger partial charge on any atom is 0.224 e. The van der Waals surface area contributed by atoms with Crippen molar-refractivity contribution in [1.82, 2.24) is 5.32 Å². The first-order chi connectivity index (χ1) is 10.5. The second-order valence-corrected chi connectivity index (χ2v) is 5.46. The van der Waals surface area contributed by atoms with Gasteiger partial charge in [0.05, 0.1) is 13.7 Å². The Morgan fingerprint density at radius 3 is 2.57 bits per heavy atom. The highest BCUT2D eigenvalue weighted by Crippen LogP contribution is 2.28. The van der Waals surface area contributed by atoms with E-state index < -0.39 is 0 Å². The van der Waals surface area contributed by atoms with Gasteiger partial charge in [-0.15, -0.1) is 12.4 Å². The molecule has 0 saturated heterocycles. The van der Waals surface area contributed by atoms with Gasteiger partial charge in [-0.1, -0.05) is 13.0 Å². The summed E-state index contributed by atoms with van der Waals surface area (Å²) in [4.78, 5) is 11.8. The molecule has 23 heavy (non-hydrogen) atoms. The van der Waals surface area contributed by atoms with E-state index in [-0.39, 0.29) is 30.3 Å². The zero-order chi connectivity index (χ0) is 16.5. The highest BCUT2D eigenvalue weighted by atomic mass is 35.5. The lowest BCUT2D eigenvalue weighted by Gasteiger charge is -2.15. The molecular weight excluding hydrogens is 316 g/mol. The number of rotatable bonds is 9. The first-order valence-electron chi connectivity index (χ1n) is 7.82. The number of ether oxygens (including phenoxy) is 2. The minimum atomic E-state index is -0.162. The van der Waals surface area contributed by atoms with Crippen LogP contribution in [0.15, 0.2) is 18.2 Å². The normalized spacial score (nSPS) is 12.7. The Hall–Kier alpha value is -1.46. The molecule has 0 fully saturated rings. The number of amides is 1. The van der Waals surface area contributed by atoms with E-state index in [0.29, 0.717) is 13.2 Å². The second-order valence-electron chi connectivity index (χ2n) is 5.46. The van der Waals surface area contributed by atoms with Crippen molar-refractivity contribution in [1.29, 1.82) is 0 Å². The van der Waals surface area contributed by atoms with Gasteiger partial charge in [0.25, 0.3) is 0 Å². The van der Waals surface area contributed by atoms with Crippen LogP contribution >= 0.6 is 12.4 Å². The number of aryl methyl sites for hydroxylation is 1. The summed E-state index contributed by atoms with van der Waals surface area (Å²) in [5, 5.41) is 2.92. The van der Waals surface area contributed by atoms with Crippen LogP contribution in [-0.4, -0.2) is 32.2 Å². The van der Waals surface area contributed by atoms with E-state index >= 15 is 0 Å². The first kappa shape index (κ1) is 21.5. The van der Waals surface area contributed by atoms with Crippen molar-refractivity contribution in [3.63, 3.8) is 0 Å². The molecule has 0 bridgehead atoms. The summed E-state index contributed by atoms with van der Waals surface area (Å²) < 4.78 is 10.8. The molecule has 0 aliphatic rings. The molecule has 2 unspecified atom stereocenters. The maximum atomic E-state index is 11.8. The van der Waals surface area contributed by atoms with Crippen molar-refractivity contribution in [2.75, 3.05) is 20.3 Å². The fourth-order valence-corrected chi connectivity index (χ4v) is 2.05. The molecule has 2 atom stereocenters. The quantitative estimate of drug-likeness (QED) is 0.675. The zero-order valence-electron chi connectivity index (χ0n) is 14.4. The summed E-state index contributed by atoms with van der Waals surface area (Å²) in [5.74, 6) is 1.35. The minimum absolute atomic E-state index is 0. The van der Waals surface area contributed by atoms with Gasteiger partial charge in [-0.25, -0.2) is 0 Å². The van der Waals surface area contributed by atoms with Crippen LogP contribution in [0.5, 0.6) is 11.5 Å². The number of benzene rings is 1. The Bertz CT molecular complexity index is 481. The lowest BCUT2D eigenvalue weighted by atomic mass is 10.0. The number of hydrogen-bond donors (Lipinski definition) is 2. The number of nitrogens with one attached hydrogen (secondary N) is 1. The fraction of sp³-hybridized carbons (Fsp3) is 0.588. The van der Waals surface area contributed by atoms with Crippen LogP contribution in [-0.2, 0) is 11.2 Å². The van der Waals surface area contributed by atoms with Crippen LogP contribution in [0.25, 0.3) is 0 Å². The van der Waals surface area contributed by atoms with Gasteiger partial charge in [-0.3, -0.25) is 4.79 Å². The van der Waals surface area contributed by atoms with E-state index in [9.17, 15) is 4.79 Å². The molecule has 1 amide bonds. The molecule has 0 heterocycles. The van der Waals surface area contributed by atoms with Gasteiger partial charge in [-0.05, 0) is 44.4 Å². The number of nitrogens with two attached hydrogens (primary N) is 1. The third-order valence-electron chi connectivity index (χ3n) is 3.67. The number of halogens is 1. The Balaban J connectivity index is 0.00000484. The van der Waals surface area contributed by atoms with Crippen molar-refractivity contribution < 1.29 is 14.3 Å². The molecule has 5 nitrogen and oxygen atoms in total. The summed E-state index contributed by atoms with van der Waals surface area (Å²) >= 11 is 0. The number of carbonyl (C=O) groups is 1. The summed E-state index contributed by atoms with van der Waals surface area (Å²) in [5.41, 5.74) is 6.88. The van der Waals surface area contributed by atoms with Gasteiger partial charge < -0.3 is 20.5 Å². The molecule has 1 aromatic carbocycles. The fourth-order valence-electron chi connectivity index (χ4n) is 2.05. The van der Waals surface area contributed by atoms with E-state index in [1.165, 1.54) is 5.56 Å². The number of hydrogen-bond acceptors (Lipinski definition) is 4. The molecule has 0 radical (unpaired) electrons. The molecule has 0 saturated carbocycles. The van der Waals surface area contributed by atoms with Crippen LogP contribution < -0.4 is 20.5 Å². The standard InChI is InChI=1S/C17H28N2O3.ClH/c1-5-22-16-11-14(8-9-15(16)21-4)7-6-10-19-17(20)12(2)13(3)18;/h8-9,11-13H,5-7,10,18H2,1-4H3,(H,19,20);1H. The average Bonchev–Trinajstić information content (AvgIpc) is 2.51. The van der Waals surface area contributed by atoms with Crippen molar-refractivity contribution >= 4 is 18.3 Å². The third-order valence-corrected chi connectivity index (χ3v) is 3.67. The summed E-state index contributed by atoms with van der Waals surface area (Å²) in [7, 11) is 1.63. The summed E-state index contributed by atoms with van der Waals surface area (Å²) in [6.07, 6.45) is 1.74. The van der Waals surface area contributed by atoms with E-state index in [2.05, 4.69) is 5.32 Å². The molecular formula is C17H29ClN2O3. The summed E-state index contributed by atoms with van der Waals surface area (Å²) in [6, 6.07) is 5.80. The maximum absolute atomic E-state index is 11.8. The van der Waals surface area contributed by atoms with E-state index in [0.717, 1.165) is 24.3 Å². The predicted octanol–water partition coefficient (Wildman–Crippen LogP) is 2.55. The van der Waals surface area contributed by atoms with Gasteiger partial charge in [0.2, 0.25) is 5.91 Å². The van der Waals surface area contributed by atoms with Gasteiger partial charge in [0, 0.05) is 18.5 Å². The van der Waals surface area contributed by atoms with Gasteiger partial charge in [0.1, 0.15) is 0 Å². The SMILES string of the molecule is CCOc1cc(CCCNC(=O)C(C)C(C)N)ccc1OC.Cl. The third kappa shape index (κ3) is 7.10. The number of carbonyl (C=O) groups excluding carboxylic acids is 1. The molecule has 0 aliphatic heterocycles. The van der Waals surface area contributed by atoms with Crippen molar-refractivity contribution in [3.8, 4) is 11.5 Å². The Morgan fingerprint density at radius 2 is 2.00 bits per heavy atom. The smallest absolute Gasteiger partial charge is 0.224 e. The van der Waals surface area contributed by atoms with E-state index in [1.807, 2.05) is 39.0 Å². The predicted molar refractivity (Wildman–Crippen MR) is 95.6 cm³/mol. The molecule has 0 aromatic heterocycles. The second kappa shape index (κ2) is 11.1.